The van der Waals surface area contributed by atoms with E-state index >= 15 is 0 Å². The molecular weight excluding hydrogens is 395 g/mol. The van der Waals surface area contributed by atoms with Crippen molar-refractivity contribution in [2.45, 2.75) is 52.1 Å². The number of halogens is 3. The molecule has 1 unspecified atom stereocenters. The Kier molecular flexibility index (Phi) is 6.19. The maximum Gasteiger partial charge on any atom is 0.0803 e. The third kappa shape index (κ3) is 4.20. The fourth-order valence-corrected chi connectivity index (χ4v) is 5.88. The quantitative estimate of drug-likeness (QED) is 0.528. The van der Waals surface area contributed by atoms with Crippen LogP contribution in [0.3, 0.4) is 0 Å². The van der Waals surface area contributed by atoms with E-state index in [1.54, 1.807) is 0 Å². The number of hydrogen-bond acceptors (Lipinski definition) is 1. The zero-order valence-corrected chi connectivity index (χ0v) is 16.5. The van der Waals surface area contributed by atoms with Crippen LogP contribution in [0.15, 0.2) is 19.7 Å². The zero-order valence-electron chi connectivity index (χ0n) is 11.6. The second-order valence-electron chi connectivity index (χ2n) is 5.86. The lowest BCUT2D eigenvalue weighted by Crippen LogP contribution is -2.42. The van der Waals surface area contributed by atoms with Crippen molar-refractivity contribution in [2.24, 2.45) is 5.92 Å². The van der Waals surface area contributed by atoms with Gasteiger partial charge in [0.15, 0.2) is 0 Å². The molecule has 0 saturated carbocycles. The van der Waals surface area contributed by atoms with Gasteiger partial charge in [0, 0.05) is 11.0 Å². The third-order valence-corrected chi connectivity index (χ3v) is 6.92. The van der Waals surface area contributed by atoms with E-state index in [4.69, 9.17) is 16.3 Å². The van der Waals surface area contributed by atoms with Gasteiger partial charge in [-0.15, -0.1) is 0 Å². The number of ether oxygens (including phenoxy) is 1. The molecule has 1 aliphatic heterocycles. The molecule has 0 amide bonds. The van der Waals surface area contributed by atoms with E-state index in [0.717, 1.165) is 14.8 Å². The Hall–Kier alpha value is 0.907. The van der Waals surface area contributed by atoms with E-state index in [9.17, 15) is 0 Å². The minimum atomic E-state index is -1.46. The molecule has 104 valence electrons. The highest BCUT2D eigenvalue weighted by Crippen LogP contribution is 2.39. The Labute approximate surface area is 133 Å². The fraction of sp³-hybridized carbons (Fsp3) is 0.692. The van der Waals surface area contributed by atoms with E-state index in [0.29, 0.717) is 5.92 Å². The van der Waals surface area contributed by atoms with Crippen LogP contribution in [-0.2, 0) is 4.74 Å². The first-order chi connectivity index (χ1) is 8.14. The predicted molar refractivity (Wildman–Crippen MR) is 90.3 cm³/mol. The maximum absolute atomic E-state index is 6.61. The van der Waals surface area contributed by atoms with Gasteiger partial charge in [-0.05, 0) is 50.4 Å². The second kappa shape index (κ2) is 6.57. The Morgan fingerprint density at radius 3 is 2.33 bits per heavy atom. The van der Waals surface area contributed by atoms with E-state index in [1.165, 1.54) is 5.20 Å². The molecule has 18 heavy (non-hydrogen) atoms. The van der Waals surface area contributed by atoms with Crippen LogP contribution in [0.1, 0.15) is 20.3 Å². The fourth-order valence-electron chi connectivity index (χ4n) is 2.26. The predicted octanol–water partition coefficient (Wildman–Crippen LogP) is 5.80. The second-order valence-corrected chi connectivity index (χ2v) is 14.1. The van der Waals surface area contributed by atoms with Crippen molar-refractivity contribution in [1.82, 2.24) is 0 Å². The van der Waals surface area contributed by atoms with Gasteiger partial charge in [-0.1, -0.05) is 44.2 Å². The van der Waals surface area contributed by atoms with E-state index in [2.05, 4.69) is 71.4 Å². The summed E-state index contributed by atoms with van der Waals surface area (Å²) in [5.74, 6) is 0.307. The summed E-state index contributed by atoms with van der Waals surface area (Å²) in [6.07, 6.45) is 3.27. The summed E-state index contributed by atoms with van der Waals surface area (Å²) < 4.78 is 7.13. The molecule has 3 atom stereocenters. The topological polar surface area (TPSA) is 9.23 Å². The normalized spacial score (nSPS) is 29.4. The first-order valence-corrected chi connectivity index (χ1v) is 11.7. The highest BCUT2D eigenvalue weighted by Gasteiger charge is 2.37. The van der Waals surface area contributed by atoms with Crippen molar-refractivity contribution in [3.05, 3.63) is 19.7 Å². The molecule has 0 radical (unpaired) electrons. The molecular formula is C13H21Br2ClOSi. The zero-order chi connectivity index (χ0) is 14.1. The summed E-state index contributed by atoms with van der Waals surface area (Å²) in [6, 6.07) is 0. The molecule has 1 rings (SSSR count). The van der Waals surface area contributed by atoms with Crippen LogP contribution in [-0.4, -0.2) is 20.3 Å². The van der Waals surface area contributed by atoms with Crippen molar-refractivity contribution < 1.29 is 4.74 Å². The van der Waals surface area contributed by atoms with Crippen LogP contribution >= 0.6 is 43.5 Å². The number of rotatable bonds is 3. The van der Waals surface area contributed by atoms with Gasteiger partial charge in [0.25, 0.3) is 0 Å². The van der Waals surface area contributed by atoms with Gasteiger partial charge < -0.3 is 4.74 Å². The molecule has 0 spiro atoms. The Morgan fingerprint density at radius 2 is 1.89 bits per heavy atom. The van der Waals surface area contributed by atoms with Crippen LogP contribution in [0, 0.1) is 5.92 Å². The Morgan fingerprint density at radius 1 is 1.33 bits per heavy atom. The average Bonchev–Trinajstić information content (AvgIpc) is 2.20. The Balaban J connectivity index is 3.11. The molecule has 0 aromatic rings. The minimum Gasteiger partial charge on any atom is -0.370 e. The standard InChI is InChI=1S/C13H21Br2ClOSi/c1-8-9(2)17-10(6-7-11(14)15)13(12(8)16)18(3,4)5/h7-10H,6H2,1-5H3/t8?,9-,10+/m0/s1. The molecule has 1 aliphatic rings. The molecule has 0 N–H and O–H groups in total. The lowest BCUT2D eigenvalue weighted by molar-refractivity contribution is -0.00962. The molecule has 0 bridgehead atoms. The van der Waals surface area contributed by atoms with Gasteiger partial charge in [-0.25, -0.2) is 0 Å². The smallest absolute Gasteiger partial charge is 0.0803 e. The molecule has 0 aliphatic carbocycles. The maximum atomic E-state index is 6.61. The van der Waals surface area contributed by atoms with Crippen LogP contribution in [0.4, 0.5) is 0 Å². The van der Waals surface area contributed by atoms with Gasteiger partial charge in [0.1, 0.15) is 0 Å². The van der Waals surface area contributed by atoms with Crippen molar-refractivity contribution in [2.75, 3.05) is 0 Å². The molecule has 0 aromatic carbocycles. The summed E-state index contributed by atoms with van der Waals surface area (Å²) in [4.78, 5) is 0. The van der Waals surface area contributed by atoms with Gasteiger partial charge in [-0.3, -0.25) is 0 Å². The summed E-state index contributed by atoms with van der Waals surface area (Å²) >= 11 is 13.4. The van der Waals surface area contributed by atoms with E-state index < -0.39 is 8.07 Å². The van der Waals surface area contributed by atoms with Crippen LogP contribution in [0.5, 0.6) is 0 Å². The first-order valence-electron chi connectivity index (χ1n) is 6.21. The lowest BCUT2D eigenvalue weighted by Gasteiger charge is -2.39. The highest BCUT2D eigenvalue weighted by molar-refractivity contribution is 9.28. The summed E-state index contributed by atoms with van der Waals surface area (Å²) in [6.45, 7) is 11.2. The molecule has 0 aromatic heterocycles. The van der Waals surface area contributed by atoms with E-state index in [-0.39, 0.29) is 12.2 Å². The van der Waals surface area contributed by atoms with Crippen LogP contribution in [0.25, 0.3) is 0 Å². The highest BCUT2D eigenvalue weighted by atomic mass is 79.9. The van der Waals surface area contributed by atoms with Gasteiger partial charge in [0.05, 0.1) is 23.7 Å². The van der Waals surface area contributed by atoms with Gasteiger partial charge in [0.2, 0.25) is 0 Å². The van der Waals surface area contributed by atoms with Crippen LogP contribution < -0.4 is 0 Å². The van der Waals surface area contributed by atoms with Crippen molar-refractivity contribution >= 4 is 51.5 Å². The summed E-state index contributed by atoms with van der Waals surface area (Å²) in [5, 5.41) is 2.41. The molecule has 5 heteroatoms. The van der Waals surface area contributed by atoms with E-state index in [1.807, 2.05) is 0 Å². The first kappa shape index (κ1) is 17.0. The third-order valence-electron chi connectivity index (χ3n) is 3.36. The minimum absolute atomic E-state index is 0.125. The molecule has 1 heterocycles. The lowest BCUT2D eigenvalue weighted by atomic mass is 10.00. The largest absolute Gasteiger partial charge is 0.370 e. The molecule has 0 fully saturated rings. The molecule has 1 nitrogen and oxygen atoms in total. The van der Waals surface area contributed by atoms with Crippen molar-refractivity contribution in [1.29, 1.82) is 0 Å². The van der Waals surface area contributed by atoms with Gasteiger partial charge >= 0.3 is 0 Å². The molecule has 0 saturated heterocycles. The van der Waals surface area contributed by atoms with Crippen LogP contribution in [0.2, 0.25) is 19.6 Å². The van der Waals surface area contributed by atoms with Crippen molar-refractivity contribution in [3.63, 3.8) is 0 Å². The van der Waals surface area contributed by atoms with Crippen molar-refractivity contribution in [3.8, 4) is 0 Å². The Bertz CT molecular complexity index is 370. The summed E-state index contributed by atoms with van der Waals surface area (Å²) in [7, 11) is -1.46. The SMILES string of the molecule is CC1C(Cl)=C([Si](C)(C)C)[C@@H](CC=C(Br)Br)O[C@H]1C. The van der Waals surface area contributed by atoms with Gasteiger partial charge in [-0.2, -0.15) is 0 Å². The monoisotopic (exact) mass is 414 g/mol. The average molecular weight is 417 g/mol. The summed E-state index contributed by atoms with van der Waals surface area (Å²) in [5.41, 5.74) is 0. The number of hydrogen-bond donors (Lipinski definition) is 0.